The molecule has 3 saturated heterocycles. The van der Waals surface area contributed by atoms with Crippen molar-refractivity contribution in [2.45, 2.75) is 56.7 Å². The van der Waals surface area contributed by atoms with E-state index in [4.69, 9.17) is 14.2 Å². The zero-order valence-electron chi connectivity index (χ0n) is 20.7. The van der Waals surface area contributed by atoms with Crippen LogP contribution < -0.4 is 9.47 Å². The van der Waals surface area contributed by atoms with E-state index in [0.29, 0.717) is 12.5 Å². The lowest BCUT2D eigenvalue weighted by Crippen LogP contribution is -2.65. The van der Waals surface area contributed by atoms with Gasteiger partial charge in [-0.1, -0.05) is 18.9 Å². The number of thiophene rings is 1. The summed E-state index contributed by atoms with van der Waals surface area (Å²) in [5.74, 6) is 1.62. The van der Waals surface area contributed by atoms with E-state index in [0.717, 1.165) is 92.0 Å². The Morgan fingerprint density at radius 1 is 1.09 bits per heavy atom. The number of fused-ring (bicyclic) bond motifs is 3. The molecule has 4 heterocycles. The average Bonchev–Trinajstić information content (AvgIpc) is 3.63. The van der Waals surface area contributed by atoms with E-state index >= 15 is 0 Å². The van der Waals surface area contributed by atoms with Gasteiger partial charge in [-0.2, -0.15) is 0 Å². The van der Waals surface area contributed by atoms with Gasteiger partial charge in [0.2, 0.25) is 0 Å². The summed E-state index contributed by atoms with van der Waals surface area (Å²) < 4.78 is 18.4. The second-order valence-electron chi connectivity index (χ2n) is 10.6. The Kier molecular flexibility index (Phi) is 7.37. The minimum atomic E-state index is -1.51. The van der Waals surface area contributed by atoms with Crippen LogP contribution in [0.4, 0.5) is 0 Å². The monoisotopic (exact) mass is 500 g/mol. The molecule has 1 aromatic carbocycles. The van der Waals surface area contributed by atoms with Crippen LogP contribution in [0.2, 0.25) is 0 Å². The number of carbonyl (C=O) groups excluding carboxylic acids is 1. The van der Waals surface area contributed by atoms with Gasteiger partial charge in [0, 0.05) is 36.0 Å². The number of piperidine rings is 3. The first-order valence-electron chi connectivity index (χ1n) is 13.1. The van der Waals surface area contributed by atoms with E-state index in [-0.39, 0.29) is 12.0 Å². The predicted octanol–water partition coefficient (Wildman–Crippen LogP) is 4.76. The van der Waals surface area contributed by atoms with Gasteiger partial charge in [-0.25, -0.2) is 4.79 Å². The highest BCUT2D eigenvalue weighted by Crippen LogP contribution is 2.44. The second-order valence-corrected chi connectivity index (χ2v) is 11.5. The molecule has 1 aliphatic carbocycles. The summed E-state index contributed by atoms with van der Waals surface area (Å²) >= 11 is 1.46. The number of quaternary nitrogens is 1. The zero-order chi connectivity index (χ0) is 24.3. The van der Waals surface area contributed by atoms with Crippen molar-refractivity contribution in [2.75, 3.05) is 39.9 Å². The Morgan fingerprint density at radius 3 is 2.46 bits per heavy atom. The third-order valence-electron chi connectivity index (χ3n) is 8.56. The van der Waals surface area contributed by atoms with E-state index in [1.54, 1.807) is 7.11 Å². The molecule has 6 nitrogen and oxygen atoms in total. The number of ether oxygens (including phenoxy) is 3. The number of hydrogen-bond acceptors (Lipinski definition) is 6. The SMILES string of the molecule is COc1ccc(OCCC[N+]23CCC(CC2)[C@H](OC(=O)[C@](O)(c2cccs2)C2CCCC2)C3)cc1. The maximum absolute atomic E-state index is 13.6. The highest BCUT2D eigenvalue weighted by atomic mass is 32.1. The van der Waals surface area contributed by atoms with Crippen LogP contribution in [0, 0.1) is 11.8 Å². The highest BCUT2D eigenvalue weighted by molar-refractivity contribution is 7.10. The van der Waals surface area contributed by atoms with E-state index in [9.17, 15) is 9.90 Å². The van der Waals surface area contributed by atoms with Crippen LogP contribution in [0.3, 0.4) is 0 Å². The summed E-state index contributed by atoms with van der Waals surface area (Å²) in [7, 11) is 1.66. The zero-order valence-corrected chi connectivity index (χ0v) is 21.5. The Bertz CT molecular complexity index is 964. The molecule has 2 atom stereocenters. The fourth-order valence-corrected chi connectivity index (χ4v) is 7.36. The van der Waals surface area contributed by atoms with Crippen molar-refractivity contribution in [2.24, 2.45) is 11.8 Å². The summed E-state index contributed by atoms with van der Waals surface area (Å²) in [6, 6.07) is 11.5. The molecule has 35 heavy (non-hydrogen) atoms. The van der Waals surface area contributed by atoms with E-state index in [1.165, 1.54) is 11.3 Å². The summed E-state index contributed by atoms with van der Waals surface area (Å²) in [5, 5.41) is 13.7. The van der Waals surface area contributed by atoms with Crippen molar-refractivity contribution < 1.29 is 28.6 Å². The van der Waals surface area contributed by atoms with Crippen LogP contribution >= 0.6 is 11.3 Å². The van der Waals surface area contributed by atoms with Gasteiger partial charge in [-0.15, -0.1) is 11.3 Å². The maximum Gasteiger partial charge on any atom is 0.344 e. The van der Waals surface area contributed by atoms with Gasteiger partial charge in [0.1, 0.15) is 18.0 Å². The van der Waals surface area contributed by atoms with Crippen LogP contribution in [0.15, 0.2) is 41.8 Å². The normalized spacial score (nSPS) is 27.9. The van der Waals surface area contributed by atoms with E-state index in [2.05, 4.69) is 0 Å². The molecule has 7 heteroatoms. The molecule has 2 aromatic rings. The molecule has 2 bridgehead atoms. The molecule has 0 spiro atoms. The third-order valence-corrected chi connectivity index (χ3v) is 9.55. The first-order chi connectivity index (χ1) is 17.0. The molecule has 0 unspecified atom stereocenters. The van der Waals surface area contributed by atoms with Gasteiger partial charge in [0.15, 0.2) is 11.7 Å². The number of esters is 1. The third kappa shape index (κ3) is 5.09. The van der Waals surface area contributed by atoms with Crippen molar-refractivity contribution in [1.29, 1.82) is 0 Å². The van der Waals surface area contributed by atoms with Crippen molar-refractivity contribution in [1.82, 2.24) is 0 Å². The lowest BCUT2D eigenvalue weighted by Gasteiger charge is -2.52. The topological polar surface area (TPSA) is 65.0 Å². The van der Waals surface area contributed by atoms with Crippen LogP contribution in [0.25, 0.3) is 0 Å². The van der Waals surface area contributed by atoms with Crippen molar-refractivity contribution in [3.63, 3.8) is 0 Å². The number of nitrogens with zero attached hydrogens (tertiary/aromatic N) is 1. The lowest BCUT2D eigenvalue weighted by molar-refractivity contribution is -0.946. The summed E-state index contributed by atoms with van der Waals surface area (Å²) in [6.07, 6.45) is 6.90. The number of rotatable bonds is 10. The lowest BCUT2D eigenvalue weighted by atomic mass is 9.82. The fraction of sp³-hybridized carbons (Fsp3) is 0.607. The largest absolute Gasteiger partial charge is 0.497 e. The highest BCUT2D eigenvalue weighted by Gasteiger charge is 2.53. The quantitative estimate of drug-likeness (QED) is 0.290. The minimum absolute atomic E-state index is 0.0482. The molecule has 4 fully saturated rings. The van der Waals surface area contributed by atoms with Crippen LogP contribution in [-0.4, -0.2) is 61.6 Å². The summed E-state index contributed by atoms with van der Waals surface area (Å²) in [5.41, 5.74) is -1.51. The molecule has 0 radical (unpaired) electrons. The van der Waals surface area contributed by atoms with E-state index < -0.39 is 11.6 Å². The molecule has 190 valence electrons. The molecule has 1 saturated carbocycles. The molecule has 4 aliphatic rings. The van der Waals surface area contributed by atoms with Gasteiger partial charge in [-0.3, -0.25) is 0 Å². The molecule has 0 amide bonds. The Labute approximate surface area is 212 Å². The summed E-state index contributed by atoms with van der Waals surface area (Å²) in [6.45, 7) is 4.82. The van der Waals surface area contributed by atoms with Crippen LogP contribution in [0.1, 0.15) is 49.8 Å². The van der Waals surface area contributed by atoms with Crippen LogP contribution in [-0.2, 0) is 15.1 Å². The van der Waals surface area contributed by atoms with Gasteiger partial charge in [0.05, 0.1) is 33.4 Å². The van der Waals surface area contributed by atoms with Crippen molar-refractivity contribution in [3.8, 4) is 11.5 Å². The minimum Gasteiger partial charge on any atom is -0.497 e. The average molecular weight is 501 g/mol. The second kappa shape index (κ2) is 10.5. The summed E-state index contributed by atoms with van der Waals surface area (Å²) in [4.78, 5) is 14.3. The number of methoxy groups -OCH3 is 1. The Hall–Kier alpha value is -2.09. The molecular formula is C28H38NO5S+. The number of benzene rings is 1. The molecule has 1 aromatic heterocycles. The molecule has 3 aliphatic heterocycles. The first-order valence-corrected chi connectivity index (χ1v) is 14.0. The predicted molar refractivity (Wildman–Crippen MR) is 136 cm³/mol. The number of hydrogen-bond donors (Lipinski definition) is 1. The number of aliphatic hydroxyl groups is 1. The first kappa shape index (κ1) is 24.6. The van der Waals surface area contributed by atoms with Crippen molar-refractivity contribution in [3.05, 3.63) is 46.7 Å². The Morgan fingerprint density at radius 2 is 1.80 bits per heavy atom. The van der Waals surface area contributed by atoms with Crippen LogP contribution in [0.5, 0.6) is 11.5 Å². The van der Waals surface area contributed by atoms with Gasteiger partial charge in [0.25, 0.3) is 0 Å². The smallest absolute Gasteiger partial charge is 0.344 e. The maximum atomic E-state index is 13.6. The van der Waals surface area contributed by atoms with Gasteiger partial charge >= 0.3 is 5.97 Å². The standard InChI is InChI=1S/C28H38NO5S/c1-32-23-9-11-24(12-10-23)33-18-5-15-29-16-13-21(14-17-29)25(20-29)34-27(30)28(31,22-6-2-3-7-22)26-8-4-19-35-26/h4,8-12,19,21-22,25,31H,2-3,5-7,13-18,20H2,1H3/q+1/t21?,25-,28-,29?/m1/s1. The van der Waals surface area contributed by atoms with Gasteiger partial charge in [-0.05, 0) is 48.6 Å². The fourth-order valence-electron chi connectivity index (χ4n) is 6.47. The van der Waals surface area contributed by atoms with Crippen molar-refractivity contribution >= 4 is 17.3 Å². The molecule has 1 N–H and O–H groups in total. The molecular weight excluding hydrogens is 462 g/mol. The Balaban J connectivity index is 1.19. The van der Waals surface area contributed by atoms with E-state index in [1.807, 2.05) is 41.8 Å². The van der Waals surface area contributed by atoms with Gasteiger partial charge < -0.3 is 23.8 Å². The molecule has 6 rings (SSSR count). The number of carbonyl (C=O) groups is 1.